The van der Waals surface area contributed by atoms with Gasteiger partial charge in [-0.1, -0.05) is 19.9 Å². The Balaban J connectivity index is 1.95. The number of ether oxygens (including phenoxy) is 3. The standard InChI is InChI=1S/C25H33NO4/c1-16(2)9-25(27)26-8-7-19-13-23(28-5)24(29-6)14-21(19)22(26)15-30-20-11-17(3)10-18(4)12-20/h10-14,16,22H,7-9,15H2,1-6H3/t22-/m0/s1. The molecule has 0 saturated carbocycles. The molecule has 162 valence electrons. The number of fused-ring (bicyclic) bond motifs is 1. The van der Waals surface area contributed by atoms with Crippen LogP contribution in [-0.2, 0) is 11.2 Å². The molecule has 1 aliphatic rings. The first-order valence-electron chi connectivity index (χ1n) is 10.6. The van der Waals surface area contributed by atoms with E-state index in [2.05, 4.69) is 33.8 Å². The van der Waals surface area contributed by atoms with Crippen molar-refractivity contribution in [2.24, 2.45) is 5.92 Å². The predicted octanol–water partition coefficient (Wildman–Crippen LogP) is 4.87. The second-order valence-electron chi connectivity index (χ2n) is 8.49. The second-order valence-corrected chi connectivity index (χ2v) is 8.49. The highest BCUT2D eigenvalue weighted by Crippen LogP contribution is 2.39. The van der Waals surface area contributed by atoms with Crippen molar-refractivity contribution in [3.63, 3.8) is 0 Å². The number of benzene rings is 2. The minimum atomic E-state index is -0.166. The van der Waals surface area contributed by atoms with Crippen molar-refractivity contribution in [3.05, 3.63) is 52.6 Å². The molecule has 1 atom stereocenters. The summed E-state index contributed by atoms with van der Waals surface area (Å²) in [7, 11) is 3.28. The van der Waals surface area contributed by atoms with E-state index in [1.165, 1.54) is 5.56 Å². The minimum absolute atomic E-state index is 0.166. The Morgan fingerprint density at radius 1 is 1.03 bits per heavy atom. The molecule has 2 aromatic rings. The summed E-state index contributed by atoms with van der Waals surface area (Å²) in [6.45, 7) is 9.34. The van der Waals surface area contributed by atoms with E-state index in [0.29, 0.717) is 37.0 Å². The van der Waals surface area contributed by atoms with E-state index < -0.39 is 0 Å². The topological polar surface area (TPSA) is 48.0 Å². The SMILES string of the molecule is COc1cc2c(cc1OC)[C@H](COc1cc(C)cc(C)c1)N(C(=O)CC(C)C)CC2. The van der Waals surface area contributed by atoms with Crippen LogP contribution in [0.3, 0.4) is 0 Å². The molecule has 0 unspecified atom stereocenters. The number of amides is 1. The summed E-state index contributed by atoms with van der Waals surface area (Å²) in [5, 5.41) is 0. The molecule has 1 amide bonds. The summed E-state index contributed by atoms with van der Waals surface area (Å²) < 4.78 is 17.2. The molecule has 5 heteroatoms. The average molecular weight is 412 g/mol. The van der Waals surface area contributed by atoms with E-state index >= 15 is 0 Å². The zero-order chi connectivity index (χ0) is 21.8. The summed E-state index contributed by atoms with van der Waals surface area (Å²) in [6.07, 6.45) is 1.32. The molecule has 0 radical (unpaired) electrons. The van der Waals surface area contributed by atoms with Gasteiger partial charge in [-0.3, -0.25) is 4.79 Å². The summed E-state index contributed by atoms with van der Waals surface area (Å²) >= 11 is 0. The molecule has 0 spiro atoms. The van der Waals surface area contributed by atoms with Crippen molar-refractivity contribution in [1.29, 1.82) is 0 Å². The van der Waals surface area contributed by atoms with Gasteiger partial charge in [-0.05, 0) is 72.7 Å². The molecule has 0 bridgehead atoms. The molecule has 0 aromatic heterocycles. The maximum Gasteiger partial charge on any atom is 0.223 e. The van der Waals surface area contributed by atoms with Crippen LogP contribution in [-0.4, -0.2) is 38.2 Å². The highest BCUT2D eigenvalue weighted by atomic mass is 16.5. The normalized spacial score (nSPS) is 15.7. The fraction of sp³-hybridized carbons (Fsp3) is 0.480. The lowest BCUT2D eigenvalue weighted by molar-refractivity contribution is -0.135. The molecule has 30 heavy (non-hydrogen) atoms. The van der Waals surface area contributed by atoms with Gasteiger partial charge < -0.3 is 19.1 Å². The van der Waals surface area contributed by atoms with Gasteiger partial charge in [0.05, 0.1) is 20.3 Å². The Kier molecular flexibility index (Phi) is 6.91. The first-order valence-corrected chi connectivity index (χ1v) is 10.6. The third-order valence-corrected chi connectivity index (χ3v) is 5.51. The molecule has 1 aliphatic heterocycles. The molecular weight excluding hydrogens is 378 g/mol. The number of aryl methyl sites for hydroxylation is 2. The van der Waals surface area contributed by atoms with Crippen LogP contribution in [0.15, 0.2) is 30.3 Å². The third kappa shape index (κ3) is 4.89. The summed E-state index contributed by atoms with van der Waals surface area (Å²) in [6, 6.07) is 10.1. The maximum absolute atomic E-state index is 13.0. The van der Waals surface area contributed by atoms with Crippen LogP contribution in [0.1, 0.15) is 48.6 Å². The third-order valence-electron chi connectivity index (χ3n) is 5.51. The van der Waals surface area contributed by atoms with E-state index in [0.717, 1.165) is 28.9 Å². The Hall–Kier alpha value is -2.69. The lowest BCUT2D eigenvalue weighted by Gasteiger charge is -2.38. The van der Waals surface area contributed by atoms with Crippen LogP contribution in [0, 0.1) is 19.8 Å². The maximum atomic E-state index is 13.0. The van der Waals surface area contributed by atoms with Gasteiger partial charge in [0.15, 0.2) is 11.5 Å². The van der Waals surface area contributed by atoms with Gasteiger partial charge in [0.2, 0.25) is 5.91 Å². The van der Waals surface area contributed by atoms with Crippen molar-refractivity contribution in [2.45, 2.75) is 46.6 Å². The molecule has 2 aromatic carbocycles. The zero-order valence-corrected chi connectivity index (χ0v) is 19.0. The molecule has 5 nitrogen and oxygen atoms in total. The highest BCUT2D eigenvalue weighted by molar-refractivity contribution is 5.77. The Labute approximate surface area is 179 Å². The lowest BCUT2D eigenvalue weighted by atomic mass is 9.91. The first-order chi connectivity index (χ1) is 14.3. The van der Waals surface area contributed by atoms with Gasteiger partial charge in [-0.2, -0.15) is 0 Å². The van der Waals surface area contributed by atoms with Crippen LogP contribution in [0.25, 0.3) is 0 Å². The fourth-order valence-electron chi connectivity index (χ4n) is 4.16. The van der Waals surface area contributed by atoms with Crippen LogP contribution < -0.4 is 14.2 Å². The molecule has 0 N–H and O–H groups in total. The molecule has 3 rings (SSSR count). The Bertz CT molecular complexity index is 886. The predicted molar refractivity (Wildman–Crippen MR) is 119 cm³/mol. The van der Waals surface area contributed by atoms with E-state index in [9.17, 15) is 4.79 Å². The van der Waals surface area contributed by atoms with Gasteiger partial charge in [-0.15, -0.1) is 0 Å². The molecule has 0 fully saturated rings. The molecule has 0 saturated heterocycles. The fourth-order valence-corrected chi connectivity index (χ4v) is 4.16. The minimum Gasteiger partial charge on any atom is -0.493 e. The van der Waals surface area contributed by atoms with Gasteiger partial charge in [0, 0.05) is 13.0 Å². The number of nitrogens with zero attached hydrogens (tertiary/aromatic N) is 1. The van der Waals surface area contributed by atoms with Crippen LogP contribution >= 0.6 is 0 Å². The summed E-state index contributed by atoms with van der Waals surface area (Å²) in [5.74, 6) is 2.69. The zero-order valence-electron chi connectivity index (χ0n) is 19.0. The lowest BCUT2D eigenvalue weighted by Crippen LogP contribution is -2.43. The molecule has 1 heterocycles. The van der Waals surface area contributed by atoms with Gasteiger partial charge >= 0.3 is 0 Å². The van der Waals surface area contributed by atoms with Crippen LogP contribution in [0.5, 0.6) is 17.2 Å². The largest absolute Gasteiger partial charge is 0.493 e. The van der Waals surface area contributed by atoms with Crippen LogP contribution in [0.4, 0.5) is 0 Å². The Morgan fingerprint density at radius 3 is 2.27 bits per heavy atom. The number of methoxy groups -OCH3 is 2. The number of carbonyl (C=O) groups is 1. The van der Waals surface area contributed by atoms with Crippen molar-refractivity contribution in [3.8, 4) is 17.2 Å². The van der Waals surface area contributed by atoms with Crippen molar-refractivity contribution in [1.82, 2.24) is 4.90 Å². The van der Waals surface area contributed by atoms with E-state index in [1.807, 2.05) is 29.2 Å². The van der Waals surface area contributed by atoms with Crippen LogP contribution in [0.2, 0.25) is 0 Å². The summed E-state index contributed by atoms with van der Waals surface area (Å²) in [5.41, 5.74) is 4.57. The van der Waals surface area contributed by atoms with Crippen molar-refractivity contribution < 1.29 is 19.0 Å². The number of rotatable bonds is 7. The van der Waals surface area contributed by atoms with Crippen molar-refractivity contribution >= 4 is 5.91 Å². The number of carbonyl (C=O) groups excluding carboxylic acids is 1. The van der Waals surface area contributed by atoms with Gasteiger partial charge in [0.25, 0.3) is 0 Å². The molecular formula is C25H33NO4. The average Bonchev–Trinajstić information content (AvgIpc) is 2.69. The van der Waals surface area contributed by atoms with Gasteiger partial charge in [-0.25, -0.2) is 0 Å². The first kappa shape index (κ1) is 22.0. The Morgan fingerprint density at radius 2 is 1.67 bits per heavy atom. The molecule has 0 aliphatic carbocycles. The quantitative estimate of drug-likeness (QED) is 0.652. The number of hydrogen-bond donors (Lipinski definition) is 0. The number of hydrogen-bond acceptors (Lipinski definition) is 4. The monoisotopic (exact) mass is 411 g/mol. The second kappa shape index (κ2) is 9.41. The van der Waals surface area contributed by atoms with E-state index in [1.54, 1.807) is 14.2 Å². The summed E-state index contributed by atoms with van der Waals surface area (Å²) in [4.78, 5) is 15.0. The van der Waals surface area contributed by atoms with E-state index in [4.69, 9.17) is 14.2 Å². The smallest absolute Gasteiger partial charge is 0.223 e. The highest BCUT2D eigenvalue weighted by Gasteiger charge is 2.33. The van der Waals surface area contributed by atoms with Gasteiger partial charge in [0.1, 0.15) is 12.4 Å². The van der Waals surface area contributed by atoms with E-state index in [-0.39, 0.29) is 11.9 Å². The van der Waals surface area contributed by atoms with Crippen molar-refractivity contribution in [2.75, 3.05) is 27.4 Å².